The van der Waals surface area contributed by atoms with Gasteiger partial charge in [-0.25, -0.2) is 4.39 Å². The van der Waals surface area contributed by atoms with Gasteiger partial charge < -0.3 is 24.6 Å². The summed E-state index contributed by atoms with van der Waals surface area (Å²) < 4.78 is 63.3. The topological polar surface area (TPSA) is 100 Å². The van der Waals surface area contributed by atoms with E-state index in [1.54, 1.807) is 24.3 Å². The molecule has 0 bridgehead atoms. The van der Waals surface area contributed by atoms with E-state index in [0.29, 0.717) is 16.7 Å². The number of fused-ring (bicyclic) bond motifs is 1. The Hall–Kier alpha value is -3.55. The fraction of sp³-hybridized carbons (Fsp3) is 0.304. The first-order chi connectivity index (χ1) is 17.5. The average molecular weight is 545 g/mol. The molecule has 0 saturated heterocycles. The quantitative estimate of drug-likeness (QED) is 0.414. The lowest BCUT2D eigenvalue weighted by Crippen LogP contribution is -2.54. The molecule has 0 aliphatic carbocycles. The first-order valence-corrected chi connectivity index (χ1v) is 11.3. The summed E-state index contributed by atoms with van der Waals surface area (Å²) >= 11 is 5.96. The minimum Gasteiger partial charge on any atom is -0.422 e. The monoisotopic (exact) mass is 544 g/mol. The molecular weight excluding hydrogens is 524 g/mol. The number of rotatable bonds is 8. The maximum atomic E-state index is 14.5. The molecule has 1 amide bonds. The summed E-state index contributed by atoms with van der Waals surface area (Å²) in [7, 11) is 1.46. The standard InChI is InChI=1S/C23H21ClF4N4O5/c1-30-19-18(20(34)31(22(30)35)9-2-10-33)32(12-13-3-5-14(24)6-4-13)21(29-19)36-17-11-15(7-8-16(17)25)37-23(26,27)28/h3-8,11,22,33,35H,2,9-10,12H2,1H3. The number of nitrogens with zero attached hydrogens (tertiary/aromatic N) is 4. The van der Waals surface area contributed by atoms with Gasteiger partial charge in [-0.3, -0.25) is 14.3 Å². The Morgan fingerprint density at radius 2 is 1.86 bits per heavy atom. The van der Waals surface area contributed by atoms with Crippen molar-refractivity contribution in [3.63, 3.8) is 0 Å². The summed E-state index contributed by atoms with van der Waals surface area (Å²) in [5.74, 6) is -2.99. The summed E-state index contributed by atoms with van der Waals surface area (Å²) in [6.07, 6.45) is -6.24. The molecule has 0 radical (unpaired) electrons. The van der Waals surface area contributed by atoms with Gasteiger partial charge in [-0.2, -0.15) is 4.98 Å². The number of hydrogen-bond acceptors (Lipinski definition) is 7. The van der Waals surface area contributed by atoms with Crippen LogP contribution < -0.4 is 14.4 Å². The molecule has 1 unspecified atom stereocenters. The van der Waals surface area contributed by atoms with Gasteiger partial charge in [0.1, 0.15) is 5.75 Å². The van der Waals surface area contributed by atoms with Crippen LogP contribution in [0.25, 0.3) is 0 Å². The van der Waals surface area contributed by atoms with E-state index in [0.717, 1.165) is 17.0 Å². The van der Waals surface area contributed by atoms with E-state index in [9.17, 15) is 32.6 Å². The molecule has 0 spiro atoms. The van der Waals surface area contributed by atoms with Crippen LogP contribution in [-0.4, -0.2) is 63.5 Å². The molecule has 2 N–H and O–H groups in total. The van der Waals surface area contributed by atoms with E-state index >= 15 is 0 Å². The second-order valence-electron chi connectivity index (χ2n) is 8.05. The molecule has 37 heavy (non-hydrogen) atoms. The molecule has 198 valence electrons. The molecule has 14 heteroatoms. The number of aliphatic hydroxyl groups excluding tert-OH is 2. The predicted molar refractivity (Wildman–Crippen MR) is 123 cm³/mol. The number of carbonyl (C=O) groups excluding carboxylic acids is 1. The van der Waals surface area contributed by atoms with Gasteiger partial charge in [-0.05, 0) is 36.2 Å². The van der Waals surface area contributed by atoms with Gasteiger partial charge in [0.25, 0.3) is 5.91 Å². The number of alkyl halides is 3. The van der Waals surface area contributed by atoms with Crippen LogP contribution >= 0.6 is 11.6 Å². The molecule has 2 heterocycles. The number of benzene rings is 2. The van der Waals surface area contributed by atoms with Crippen LogP contribution in [0.5, 0.6) is 17.5 Å². The van der Waals surface area contributed by atoms with Crippen LogP contribution in [0.1, 0.15) is 22.5 Å². The zero-order valence-electron chi connectivity index (χ0n) is 19.2. The van der Waals surface area contributed by atoms with Crippen molar-refractivity contribution in [2.45, 2.75) is 25.7 Å². The number of carbonyl (C=O) groups is 1. The maximum absolute atomic E-state index is 14.5. The Balaban J connectivity index is 1.79. The van der Waals surface area contributed by atoms with Gasteiger partial charge in [-0.15, -0.1) is 13.2 Å². The van der Waals surface area contributed by atoms with E-state index in [2.05, 4.69) is 9.72 Å². The number of aromatic nitrogens is 2. The van der Waals surface area contributed by atoms with Gasteiger partial charge >= 0.3 is 12.4 Å². The number of amides is 1. The SMILES string of the molecule is CN1c2nc(Oc3cc(OC(F)(F)F)ccc3F)n(Cc3ccc(Cl)cc3)c2C(=O)N(CCCO)C1O. The fourth-order valence-electron chi connectivity index (χ4n) is 3.75. The van der Waals surface area contributed by atoms with Crippen LogP contribution in [-0.2, 0) is 6.54 Å². The second-order valence-corrected chi connectivity index (χ2v) is 8.49. The Morgan fingerprint density at radius 1 is 1.16 bits per heavy atom. The number of halogens is 5. The predicted octanol–water partition coefficient (Wildman–Crippen LogP) is 3.97. The number of aliphatic hydroxyl groups is 2. The normalized spacial score (nSPS) is 15.7. The summed E-state index contributed by atoms with van der Waals surface area (Å²) in [6.45, 7) is -0.214. The molecule has 1 aliphatic heterocycles. The average Bonchev–Trinajstić information content (AvgIpc) is 3.18. The molecule has 0 saturated carbocycles. The zero-order valence-corrected chi connectivity index (χ0v) is 20.0. The summed E-state index contributed by atoms with van der Waals surface area (Å²) in [5.41, 5.74) is 0.631. The first-order valence-electron chi connectivity index (χ1n) is 10.9. The third kappa shape index (κ3) is 5.73. The van der Waals surface area contributed by atoms with Crippen molar-refractivity contribution in [2.75, 3.05) is 25.1 Å². The smallest absolute Gasteiger partial charge is 0.422 e. The van der Waals surface area contributed by atoms with Crippen LogP contribution in [0, 0.1) is 5.82 Å². The van der Waals surface area contributed by atoms with Crippen LogP contribution in [0.3, 0.4) is 0 Å². The van der Waals surface area contributed by atoms with Crippen molar-refractivity contribution in [3.05, 3.63) is 64.6 Å². The van der Waals surface area contributed by atoms with E-state index < -0.39 is 35.9 Å². The first kappa shape index (κ1) is 26.5. The summed E-state index contributed by atoms with van der Waals surface area (Å²) in [5, 5.41) is 20.3. The van der Waals surface area contributed by atoms with Crippen LogP contribution in [0.15, 0.2) is 42.5 Å². The Bertz CT molecular complexity index is 1290. The van der Waals surface area contributed by atoms with E-state index in [4.69, 9.17) is 16.3 Å². The van der Waals surface area contributed by atoms with Gasteiger partial charge in [0.05, 0.1) is 6.54 Å². The van der Waals surface area contributed by atoms with Crippen molar-refractivity contribution in [1.29, 1.82) is 0 Å². The van der Waals surface area contributed by atoms with Gasteiger partial charge in [0.2, 0.25) is 6.35 Å². The third-order valence-electron chi connectivity index (χ3n) is 5.49. The molecule has 3 aromatic rings. The highest BCUT2D eigenvalue weighted by molar-refractivity contribution is 6.30. The van der Waals surface area contributed by atoms with Crippen molar-refractivity contribution in [3.8, 4) is 17.5 Å². The highest BCUT2D eigenvalue weighted by Gasteiger charge is 2.40. The Morgan fingerprint density at radius 3 is 2.51 bits per heavy atom. The molecule has 2 aromatic carbocycles. The van der Waals surface area contributed by atoms with E-state index in [1.165, 1.54) is 16.5 Å². The maximum Gasteiger partial charge on any atom is 0.573 e. The summed E-state index contributed by atoms with van der Waals surface area (Å²) in [6, 6.07) is 8.48. The minimum absolute atomic E-state index is 0.00446. The highest BCUT2D eigenvalue weighted by Crippen LogP contribution is 2.37. The van der Waals surface area contributed by atoms with E-state index in [-0.39, 0.29) is 43.6 Å². The van der Waals surface area contributed by atoms with Gasteiger partial charge in [0.15, 0.2) is 23.1 Å². The Kier molecular flexibility index (Phi) is 7.48. The van der Waals surface area contributed by atoms with Crippen molar-refractivity contribution < 1.29 is 42.0 Å². The lowest BCUT2D eigenvalue weighted by molar-refractivity contribution is -0.274. The lowest BCUT2D eigenvalue weighted by Gasteiger charge is -2.38. The number of imidazole rings is 1. The van der Waals surface area contributed by atoms with Crippen LogP contribution in [0.2, 0.25) is 5.02 Å². The molecule has 1 aliphatic rings. The number of hydrogen-bond donors (Lipinski definition) is 2. The lowest BCUT2D eigenvalue weighted by atomic mass is 10.2. The van der Waals surface area contributed by atoms with Crippen molar-refractivity contribution >= 4 is 23.3 Å². The molecular formula is C23H21ClF4N4O5. The molecule has 9 nitrogen and oxygen atoms in total. The van der Waals surface area contributed by atoms with Crippen LogP contribution in [0.4, 0.5) is 23.4 Å². The second kappa shape index (κ2) is 10.4. The number of ether oxygens (including phenoxy) is 2. The van der Waals surface area contributed by atoms with E-state index in [1.807, 2.05) is 0 Å². The van der Waals surface area contributed by atoms with Crippen molar-refractivity contribution in [1.82, 2.24) is 14.5 Å². The van der Waals surface area contributed by atoms with Crippen molar-refractivity contribution in [2.24, 2.45) is 0 Å². The third-order valence-corrected chi connectivity index (χ3v) is 5.74. The molecule has 1 atom stereocenters. The summed E-state index contributed by atoms with van der Waals surface area (Å²) in [4.78, 5) is 20.0. The minimum atomic E-state index is -5.01. The number of anilines is 1. The molecule has 4 rings (SSSR count). The Labute approximate surface area is 213 Å². The fourth-order valence-corrected chi connectivity index (χ4v) is 3.88. The highest BCUT2D eigenvalue weighted by atomic mass is 35.5. The largest absolute Gasteiger partial charge is 0.573 e. The molecule has 1 aromatic heterocycles. The zero-order chi connectivity index (χ0) is 26.9. The van der Waals surface area contributed by atoms with Gasteiger partial charge in [-0.1, -0.05) is 23.7 Å². The van der Waals surface area contributed by atoms with Gasteiger partial charge in [0, 0.05) is 31.3 Å². The molecule has 0 fully saturated rings.